The second-order valence-corrected chi connectivity index (χ2v) is 11.8. The molecular formula is C40H26N2S. The Kier molecular flexibility index (Phi) is 6.36. The molecule has 6 aromatic carbocycles. The Morgan fingerprint density at radius 3 is 1.58 bits per heavy atom. The lowest BCUT2D eigenvalue weighted by atomic mass is 9.94. The number of thiophene rings is 1. The van der Waals surface area contributed by atoms with Gasteiger partial charge in [-0.3, -0.25) is 0 Å². The zero-order valence-electron chi connectivity index (χ0n) is 23.3. The number of aromatic nitrogens is 2. The van der Waals surface area contributed by atoms with Crippen molar-refractivity contribution in [1.29, 1.82) is 0 Å². The summed E-state index contributed by atoms with van der Waals surface area (Å²) >= 11 is 1.85. The van der Waals surface area contributed by atoms with E-state index in [0.29, 0.717) is 0 Å². The molecule has 0 atom stereocenters. The first-order valence-corrected chi connectivity index (χ1v) is 15.2. The van der Waals surface area contributed by atoms with E-state index in [9.17, 15) is 0 Å². The molecule has 2 heterocycles. The highest BCUT2D eigenvalue weighted by molar-refractivity contribution is 7.25. The maximum atomic E-state index is 5.14. The van der Waals surface area contributed by atoms with Gasteiger partial charge in [0.25, 0.3) is 0 Å². The van der Waals surface area contributed by atoms with Crippen molar-refractivity contribution >= 4 is 31.5 Å². The van der Waals surface area contributed by atoms with E-state index in [-0.39, 0.29) is 0 Å². The van der Waals surface area contributed by atoms with E-state index in [1.54, 1.807) is 0 Å². The standard InChI is InChI=1S/C40H26N2S/c1-4-12-27(13-5-1)31-22-32(30-20-21-35-34-18-10-11-19-38(34)43-39(35)25-30)24-33(23-31)37-26-36(28-14-6-2-7-15-28)41-40(42-37)29-16-8-3-9-17-29/h1-26H. The number of fused-ring (bicyclic) bond motifs is 3. The Hall–Kier alpha value is -5.38. The average molecular weight is 567 g/mol. The van der Waals surface area contributed by atoms with E-state index in [2.05, 4.69) is 133 Å². The van der Waals surface area contributed by atoms with Gasteiger partial charge >= 0.3 is 0 Å². The second-order valence-electron chi connectivity index (χ2n) is 10.7. The van der Waals surface area contributed by atoms with Crippen molar-refractivity contribution in [3.8, 4) is 56.2 Å². The molecule has 8 rings (SSSR count). The van der Waals surface area contributed by atoms with Crippen molar-refractivity contribution in [3.63, 3.8) is 0 Å². The third-order valence-electron chi connectivity index (χ3n) is 7.88. The van der Waals surface area contributed by atoms with Crippen molar-refractivity contribution in [2.24, 2.45) is 0 Å². The van der Waals surface area contributed by atoms with Crippen LogP contribution in [0, 0.1) is 0 Å². The molecule has 0 N–H and O–H groups in total. The SMILES string of the molecule is c1ccc(-c2cc(-c3ccc4c(c3)sc3ccccc34)cc(-c3cc(-c4ccccc4)nc(-c4ccccc4)n3)c2)cc1. The largest absolute Gasteiger partial charge is 0.228 e. The molecule has 0 aliphatic carbocycles. The fourth-order valence-corrected chi connectivity index (χ4v) is 6.86. The molecule has 202 valence electrons. The monoisotopic (exact) mass is 566 g/mol. The van der Waals surface area contributed by atoms with Crippen molar-refractivity contribution in [2.45, 2.75) is 0 Å². The van der Waals surface area contributed by atoms with Crippen LogP contribution in [0.25, 0.3) is 76.3 Å². The number of rotatable bonds is 5. The zero-order chi connectivity index (χ0) is 28.6. The van der Waals surface area contributed by atoms with Crippen LogP contribution >= 0.6 is 11.3 Å². The first-order chi connectivity index (χ1) is 21.3. The number of benzene rings is 6. The molecule has 3 heteroatoms. The molecule has 0 radical (unpaired) electrons. The molecule has 0 bridgehead atoms. The summed E-state index contributed by atoms with van der Waals surface area (Å²) in [6.07, 6.45) is 0. The highest BCUT2D eigenvalue weighted by Gasteiger charge is 2.14. The lowest BCUT2D eigenvalue weighted by Gasteiger charge is -2.13. The van der Waals surface area contributed by atoms with Gasteiger partial charge in [0.05, 0.1) is 11.4 Å². The second kappa shape index (κ2) is 10.8. The first kappa shape index (κ1) is 25.3. The van der Waals surface area contributed by atoms with Gasteiger partial charge in [-0.2, -0.15) is 0 Å². The normalized spacial score (nSPS) is 11.3. The Morgan fingerprint density at radius 2 is 0.860 bits per heavy atom. The third-order valence-corrected chi connectivity index (χ3v) is 9.01. The van der Waals surface area contributed by atoms with E-state index >= 15 is 0 Å². The topological polar surface area (TPSA) is 25.8 Å². The molecule has 8 aromatic rings. The van der Waals surface area contributed by atoms with Gasteiger partial charge in [-0.05, 0) is 58.7 Å². The van der Waals surface area contributed by atoms with Crippen LogP contribution < -0.4 is 0 Å². The fraction of sp³-hybridized carbons (Fsp3) is 0. The maximum Gasteiger partial charge on any atom is 0.160 e. The molecule has 0 saturated carbocycles. The summed E-state index contributed by atoms with van der Waals surface area (Å²) < 4.78 is 2.61. The van der Waals surface area contributed by atoms with Gasteiger partial charge in [-0.25, -0.2) is 9.97 Å². The van der Waals surface area contributed by atoms with Crippen molar-refractivity contribution in [2.75, 3.05) is 0 Å². The van der Waals surface area contributed by atoms with E-state index in [0.717, 1.165) is 45.0 Å². The summed E-state index contributed by atoms with van der Waals surface area (Å²) in [4.78, 5) is 10.1. The summed E-state index contributed by atoms with van der Waals surface area (Å²) in [6, 6.07) is 55.6. The Balaban J connectivity index is 1.34. The zero-order valence-corrected chi connectivity index (χ0v) is 24.1. The van der Waals surface area contributed by atoms with Crippen LogP contribution in [0.2, 0.25) is 0 Å². The van der Waals surface area contributed by atoms with Crippen molar-refractivity contribution < 1.29 is 0 Å². The van der Waals surface area contributed by atoms with Crippen molar-refractivity contribution in [3.05, 3.63) is 158 Å². The smallest absolute Gasteiger partial charge is 0.160 e. The summed E-state index contributed by atoms with van der Waals surface area (Å²) in [5.74, 6) is 0.718. The Bertz CT molecular complexity index is 2160. The first-order valence-electron chi connectivity index (χ1n) is 14.4. The van der Waals surface area contributed by atoms with Gasteiger partial charge in [-0.1, -0.05) is 121 Å². The molecule has 43 heavy (non-hydrogen) atoms. The van der Waals surface area contributed by atoms with E-state index < -0.39 is 0 Å². The van der Waals surface area contributed by atoms with Crippen LogP contribution in [0.4, 0.5) is 0 Å². The van der Waals surface area contributed by atoms with Gasteiger partial charge in [0.1, 0.15) is 0 Å². The molecule has 0 saturated heterocycles. The highest BCUT2D eigenvalue weighted by Crippen LogP contribution is 2.39. The number of hydrogen-bond acceptors (Lipinski definition) is 3. The van der Waals surface area contributed by atoms with Crippen LogP contribution in [-0.2, 0) is 0 Å². The van der Waals surface area contributed by atoms with Gasteiger partial charge in [0.2, 0.25) is 0 Å². The maximum absolute atomic E-state index is 5.14. The molecule has 0 spiro atoms. The van der Waals surface area contributed by atoms with E-state index in [4.69, 9.17) is 9.97 Å². The van der Waals surface area contributed by atoms with Crippen LogP contribution in [0.5, 0.6) is 0 Å². The third kappa shape index (κ3) is 4.90. The molecule has 2 nitrogen and oxygen atoms in total. The summed E-state index contributed by atoms with van der Waals surface area (Å²) in [7, 11) is 0. The van der Waals surface area contributed by atoms with Crippen LogP contribution in [-0.4, -0.2) is 9.97 Å². The molecular weight excluding hydrogens is 541 g/mol. The van der Waals surface area contributed by atoms with Crippen LogP contribution in [0.1, 0.15) is 0 Å². The highest BCUT2D eigenvalue weighted by atomic mass is 32.1. The minimum atomic E-state index is 0.718. The molecule has 0 aliphatic heterocycles. The summed E-state index contributed by atoms with van der Waals surface area (Å²) in [6.45, 7) is 0. The van der Waals surface area contributed by atoms with Crippen LogP contribution in [0.3, 0.4) is 0 Å². The predicted octanol–water partition coefficient (Wildman–Crippen LogP) is 11.2. The summed E-state index contributed by atoms with van der Waals surface area (Å²) in [5.41, 5.74) is 9.62. The van der Waals surface area contributed by atoms with E-state index in [1.807, 2.05) is 35.6 Å². The van der Waals surface area contributed by atoms with Crippen molar-refractivity contribution in [1.82, 2.24) is 9.97 Å². The van der Waals surface area contributed by atoms with E-state index in [1.165, 1.54) is 31.3 Å². The molecule has 0 unspecified atom stereocenters. The molecule has 2 aromatic heterocycles. The number of hydrogen-bond donors (Lipinski definition) is 0. The lowest BCUT2D eigenvalue weighted by molar-refractivity contribution is 1.18. The molecule has 0 amide bonds. The van der Waals surface area contributed by atoms with Gasteiger partial charge in [0.15, 0.2) is 5.82 Å². The quantitative estimate of drug-likeness (QED) is 0.207. The Labute approximate surface area is 254 Å². The number of nitrogens with zero attached hydrogens (tertiary/aromatic N) is 2. The lowest BCUT2D eigenvalue weighted by Crippen LogP contribution is -1.96. The van der Waals surface area contributed by atoms with Gasteiger partial charge < -0.3 is 0 Å². The predicted molar refractivity (Wildman–Crippen MR) is 182 cm³/mol. The molecule has 0 fully saturated rings. The van der Waals surface area contributed by atoms with Gasteiger partial charge in [0, 0.05) is 36.9 Å². The Morgan fingerprint density at radius 1 is 0.326 bits per heavy atom. The molecule has 0 aliphatic rings. The fourth-order valence-electron chi connectivity index (χ4n) is 5.71. The average Bonchev–Trinajstić information content (AvgIpc) is 3.47. The summed E-state index contributed by atoms with van der Waals surface area (Å²) in [5, 5.41) is 2.62. The minimum Gasteiger partial charge on any atom is -0.228 e. The van der Waals surface area contributed by atoms with Gasteiger partial charge in [-0.15, -0.1) is 11.3 Å². The minimum absolute atomic E-state index is 0.718. The van der Waals surface area contributed by atoms with Crippen LogP contribution in [0.15, 0.2) is 158 Å².